The Morgan fingerprint density at radius 1 is 1.08 bits per heavy atom. The van der Waals surface area contributed by atoms with Crippen LogP contribution < -0.4 is 5.32 Å². The maximum absolute atomic E-state index is 12.4. The van der Waals surface area contributed by atoms with E-state index in [4.69, 9.17) is 4.98 Å². The van der Waals surface area contributed by atoms with Crippen LogP contribution in [0.2, 0.25) is 0 Å². The second-order valence-corrected chi connectivity index (χ2v) is 7.34. The largest absolute Gasteiger partial charge is 0.327 e. The molecule has 1 aromatic heterocycles. The predicted octanol–water partition coefficient (Wildman–Crippen LogP) is 5.07. The number of para-hydroxylation sites is 1. The summed E-state index contributed by atoms with van der Waals surface area (Å²) in [5, 5.41) is 3.07. The second-order valence-electron chi connectivity index (χ2n) is 7.34. The Morgan fingerprint density at radius 2 is 1.81 bits per heavy atom. The Hall–Kier alpha value is -2.62. The van der Waals surface area contributed by atoms with Gasteiger partial charge in [0.1, 0.15) is 5.82 Å². The normalized spacial score (nSPS) is 15.3. The second kappa shape index (κ2) is 6.94. The number of imidazole rings is 1. The lowest BCUT2D eigenvalue weighted by Crippen LogP contribution is -2.24. The summed E-state index contributed by atoms with van der Waals surface area (Å²) in [5.74, 6) is 1.28. The van der Waals surface area contributed by atoms with Crippen LogP contribution >= 0.6 is 0 Å². The quantitative estimate of drug-likeness (QED) is 0.719. The number of hydrogen-bond acceptors (Lipinski definition) is 2. The van der Waals surface area contributed by atoms with Gasteiger partial charge in [0.15, 0.2) is 0 Å². The van der Waals surface area contributed by atoms with Gasteiger partial charge in [0.05, 0.1) is 11.0 Å². The molecule has 2 aromatic carbocycles. The molecule has 4 heteroatoms. The van der Waals surface area contributed by atoms with Gasteiger partial charge in [0.25, 0.3) is 0 Å². The summed E-state index contributed by atoms with van der Waals surface area (Å²) in [5.41, 5.74) is 5.31. The molecule has 1 saturated carbocycles. The standard InChI is InChI=1S/C22H25N3O/c1-15-7-6-10-19-20(15)25(2)21(24-19)16-11-13-18(14-12-16)23-22(26)17-8-4-3-5-9-17/h6-7,10-14,17H,3-5,8-9H2,1-2H3,(H,23,26). The van der Waals surface area contributed by atoms with E-state index in [0.29, 0.717) is 0 Å². The van der Waals surface area contributed by atoms with Crippen molar-refractivity contribution in [3.8, 4) is 11.4 Å². The first-order valence-corrected chi connectivity index (χ1v) is 9.47. The molecule has 0 unspecified atom stereocenters. The lowest BCUT2D eigenvalue weighted by Gasteiger charge is -2.20. The summed E-state index contributed by atoms with van der Waals surface area (Å²) < 4.78 is 2.14. The van der Waals surface area contributed by atoms with Gasteiger partial charge in [0.2, 0.25) is 5.91 Å². The SMILES string of the molecule is Cc1cccc2nc(-c3ccc(NC(=O)C4CCCCC4)cc3)n(C)c12. The minimum absolute atomic E-state index is 0.163. The summed E-state index contributed by atoms with van der Waals surface area (Å²) in [7, 11) is 2.05. The van der Waals surface area contributed by atoms with E-state index >= 15 is 0 Å². The van der Waals surface area contributed by atoms with Crippen LogP contribution in [0.1, 0.15) is 37.7 Å². The highest BCUT2D eigenvalue weighted by Gasteiger charge is 2.21. The van der Waals surface area contributed by atoms with Crippen molar-refractivity contribution >= 4 is 22.6 Å². The van der Waals surface area contributed by atoms with Gasteiger partial charge in [-0.2, -0.15) is 0 Å². The van der Waals surface area contributed by atoms with Crippen molar-refractivity contribution in [1.29, 1.82) is 0 Å². The molecule has 1 N–H and O–H groups in total. The average Bonchev–Trinajstić information content (AvgIpc) is 3.01. The van der Waals surface area contributed by atoms with Crippen LogP contribution in [0, 0.1) is 12.8 Å². The topological polar surface area (TPSA) is 46.9 Å². The van der Waals surface area contributed by atoms with Gasteiger partial charge < -0.3 is 9.88 Å². The fourth-order valence-corrected chi connectivity index (χ4v) is 4.03. The molecule has 3 aromatic rings. The van der Waals surface area contributed by atoms with E-state index in [0.717, 1.165) is 41.0 Å². The summed E-state index contributed by atoms with van der Waals surface area (Å²) >= 11 is 0. The predicted molar refractivity (Wildman–Crippen MR) is 106 cm³/mol. The van der Waals surface area contributed by atoms with Crippen LogP contribution in [0.15, 0.2) is 42.5 Å². The zero-order valence-electron chi connectivity index (χ0n) is 15.5. The van der Waals surface area contributed by atoms with Crippen LogP contribution in [0.5, 0.6) is 0 Å². The first-order chi connectivity index (χ1) is 12.6. The number of benzene rings is 2. The van der Waals surface area contributed by atoms with Crippen molar-refractivity contribution in [2.45, 2.75) is 39.0 Å². The minimum Gasteiger partial charge on any atom is -0.327 e. The van der Waals surface area contributed by atoms with Crippen molar-refractivity contribution in [3.63, 3.8) is 0 Å². The molecule has 1 aliphatic carbocycles. The van der Waals surface area contributed by atoms with Gasteiger partial charge in [0, 0.05) is 24.2 Å². The van der Waals surface area contributed by atoms with Crippen LogP contribution in [-0.4, -0.2) is 15.5 Å². The van der Waals surface area contributed by atoms with Crippen LogP contribution in [0.3, 0.4) is 0 Å². The zero-order chi connectivity index (χ0) is 18.1. The number of anilines is 1. The Morgan fingerprint density at radius 3 is 2.50 bits per heavy atom. The van der Waals surface area contributed by atoms with Gasteiger partial charge in [-0.1, -0.05) is 31.4 Å². The third-order valence-corrected chi connectivity index (χ3v) is 5.48. The van der Waals surface area contributed by atoms with E-state index in [1.165, 1.54) is 24.8 Å². The molecule has 0 radical (unpaired) electrons. The highest BCUT2D eigenvalue weighted by molar-refractivity contribution is 5.93. The molecule has 0 saturated heterocycles. The molecule has 1 fully saturated rings. The van der Waals surface area contributed by atoms with Crippen molar-refractivity contribution in [1.82, 2.24) is 9.55 Å². The molecule has 4 nitrogen and oxygen atoms in total. The molecule has 0 atom stereocenters. The molecule has 134 valence electrons. The lowest BCUT2D eigenvalue weighted by atomic mass is 9.88. The van der Waals surface area contributed by atoms with Gasteiger partial charge in [-0.25, -0.2) is 4.98 Å². The molecule has 1 heterocycles. The van der Waals surface area contributed by atoms with Gasteiger partial charge >= 0.3 is 0 Å². The number of rotatable bonds is 3. The van der Waals surface area contributed by atoms with Crippen LogP contribution in [-0.2, 0) is 11.8 Å². The van der Waals surface area contributed by atoms with Gasteiger partial charge in [-0.15, -0.1) is 0 Å². The van der Waals surface area contributed by atoms with E-state index in [1.54, 1.807) is 0 Å². The highest BCUT2D eigenvalue weighted by atomic mass is 16.1. The zero-order valence-corrected chi connectivity index (χ0v) is 15.5. The lowest BCUT2D eigenvalue weighted by molar-refractivity contribution is -0.120. The van der Waals surface area contributed by atoms with Crippen molar-refractivity contribution in [3.05, 3.63) is 48.0 Å². The first-order valence-electron chi connectivity index (χ1n) is 9.47. The molecule has 0 spiro atoms. The highest BCUT2D eigenvalue weighted by Crippen LogP contribution is 2.28. The number of aromatic nitrogens is 2. The van der Waals surface area contributed by atoms with E-state index in [-0.39, 0.29) is 11.8 Å². The minimum atomic E-state index is 0.163. The van der Waals surface area contributed by atoms with Crippen molar-refractivity contribution in [2.24, 2.45) is 13.0 Å². The number of carbonyl (C=O) groups is 1. The number of fused-ring (bicyclic) bond motifs is 1. The number of amides is 1. The van der Waals surface area contributed by atoms with E-state index in [2.05, 4.69) is 29.9 Å². The molecule has 4 rings (SSSR count). The molecular formula is C22H25N3O. The van der Waals surface area contributed by atoms with Gasteiger partial charge in [-0.05, 0) is 55.7 Å². The Balaban J connectivity index is 1.55. The van der Waals surface area contributed by atoms with Crippen molar-refractivity contribution in [2.75, 3.05) is 5.32 Å². The number of hydrogen-bond donors (Lipinski definition) is 1. The summed E-state index contributed by atoms with van der Waals surface area (Å²) in [6.07, 6.45) is 5.63. The molecule has 1 amide bonds. The molecule has 1 aliphatic rings. The fourth-order valence-electron chi connectivity index (χ4n) is 4.03. The average molecular weight is 347 g/mol. The van der Waals surface area contributed by atoms with Crippen LogP contribution in [0.25, 0.3) is 22.4 Å². The third-order valence-electron chi connectivity index (χ3n) is 5.48. The number of nitrogens with one attached hydrogen (secondary N) is 1. The summed E-state index contributed by atoms with van der Waals surface area (Å²) in [6, 6.07) is 14.2. The number of nitrogens with zero attached hydrogens (tertiary/aromatic N) is 2. The number of aryl methyl sites for hydroxylation is 2. The molecule has 26 heavy (non-hydrogen) atoms. The monoisotopic (exact) mass is 347 g/mol. The van der Waals surface area contributed by atoms with E-state index < -0.39 is 0 Å². The van der Waals surface area contributed by atoms with Gasteiger partial charge in [-0.3, -0.25) is 4.79 Å². The number of carbonyl (C=O) groups excluding carboxylic acids is 1. The van der Waals surface area contributed by atoms with Crippen LogP contribution in [0.4, 0.5) is 5.69 Å². The maximum atomic E-state index is 12.4. The molecule has 0 aliphatic heterocycles. The third kappa shape index (κ3) is 3.12. The molecule has 0 bridgehead atoms. The summed E-state index contributed by atoms with van der Waals surface area (Å²) in [4.78, 5) is 17.2. The summed E-state index contributed by atoms with van der Waals surface area (Å²) in [6.45, 7) is 2.11. The Bertz CT molecular complexity index is 934. The smallest absolute Gasteiger partial charge is 0.227 e. The molecular weight excluding hydrogens is 322 g/mol. The fraction of sp³-hybridized carbons (Fsp3) is 0.364. The first kappa shape index (κ1) is 16.8. The maximum Gasteiger partial charge on any atom is 0.227 e. The Kier molecular flexibility index (Phi) is 4.49. The Labute approximate surface area is 154 Å². The van der Waals surface area contributed by atoms with Crippen molar-refractivity contribution < 1.29 is 4.79 Å². The van der Waals surface area contributed by atoms with E-state index in [9.17, 15) is 4.79 Å². The van der Waals surface area contributed by atoms with E-state index in [1.807, 2.05) is 36.4 Å².